The lowest BCUT2D eigenvalue weighted by molar-refractivity contribution is -0.115. The molecule has 2 heterocycles. The van der Waals surface area contributed by atoms with Gasteiger partial charge in [-0.1, -0.05) is 31.7 Å². The first kappa shape index (κ1) is 15.7. The zero-order valence-electron chi connectivity index (χ0n) is 14.0. The summed E-state index contributed by atoms with van der Waals surface area (Å²) < 4.78 is 0. The van der Waals surface area contributed by atoms with Gasteiger partial charge in [0.1, 0.15) is 5.70 Å². The van der Waals surface area contributed by atoms with Gasteiger partial charge in [0.25, 0.3) is 5.91 Å². The van der Waals surface area contributed by atoms with Gasteiger partial charge in [0.05, 0.1) is 11.0 Å². The lowest BCUT2D eigenvalue weighted by Gasteiger charge is -2.16. The first-order valence-electron chi connectivity index (χ1n) is 8.87. The Balaban J connectivity index is 1.53. The standard InChI is InChI=1S/C19H21N5O/c25-18-17(12-13-7-8-15-16(11-13)21-10-9-20-15)23-19(24-18)22-14-5-3-1-2-4-6-14/h7-12,14H,1-6H2,(H2,22,23,24,25)/b17-12-. The van der Waals surface area contributed by atoms with Crippen LogP contribution in [0.4, 0.5) is 0 Å². The van der Waals surface area contributed by atoms with Gasteiger partial charge in [0.15, 0.2) is 0 Å². The molecule has 1 fully saturated rings. The predicted octanol–water partition coefficient (Wildman–Crippen LogP) is 2.77. The van der Waals surface area contributed by atoms with Crippen molar-refractivity contribution in [3.8, 4) is 0 Å². The van der Waals surface area contributed by atoms with Crippen molar-refractivity contribution >= 4 is 29.0 Å². The highest BCUT2D eigenvalue weighted by Crippen LogP contribution is 2.19. The molecule has 6 heteroatoms. The molecule has 4 rings (SSSR count). The van der Waals surface area contributed by atoms with E-state index < -0.39 is 0 Å². The van der Waals surface area contributed by atoms with Gasteiger partial charge in [0.2, 0.25) is 5.96 Å². The van der Waals surface area contributed by atoms with Crippen molar-refractivity contribution in [1.29, 1.82) is 0 Å². The summed E-state index contributed by atoms with van der Waals surface area (Å²) in [4.78, 5) is 25.2. The number of carbonyl (C=O) groups excluding carboxylic acids is 1. The molecular weight excluding hydrogens is 314 g/mol. The van der Waals surface area contributed by atoms with Crippen LogP contribution in [0, 0.1) is 0 Å². The predicted molar refractivity (Wildman–Crippen MR) is 97.7 cm³/mol. The van der Waals surface area contributed by atoms with E-state index >= 15 is 0 Å². The van der Waals surface area contributed by atoms with Crippen LogP contribution in [-0.2, 0) is 4.79 Å². The highest BCUT2D eigenvalue weighted by Gasteiger charge is 2.22. The molecule has 0 saturated heterocycles. The number of amides is 1. The smallest absolute Gasteiger partial charge is 0.276 e. The molecule has 2 aliphatic rings. The van der Waals surface area contributed by atoms with Gasteiger partial charge >= 0.3 is 0 Å². The van der Waals surface area contributed by atoms with E-state index in [4.69, 9.17) is 0 Å². The Morgan fingerprint density at radius 1 is 1.04 bits per heavy atom. The van der Waals surface area contributed by atoms with Crippen LogP contribution in [-0.4, -0.2) is 27.9 Å². The first-order valence-corrected chi connectivity index (χ1v) is 8.87. The number of hydrogen-bond donors (Lipinski definition) is 2. The quantitative estimate of drug-likeness (QED) is 0.653. The lowest BCUT2D eigenvalue weighted by Crippen LogP contribution is -2.42. The maximum absolute atomic E-state index is 12.2. The highest BCUT2D eigenvalue weighted by atomic mass is 16.2. The molecule has 1 saturated carbocycles. The number of aliphatic imine (C=N–C) groups is 1. The molecule has 1 aromatic heterocycles. The third kappa shape index (κ3) is 3.68. The van der Waals surface area contributed by atoms with Gasteiger partial charge in [-0.2, -0.15) is 0 Å². The van der Waals surface area contributed by atoms with E-state index in [0.29, 0.717) is 17.7 Å². The monoisotopic (exact) mass is 335 g/mol. The molecule has 1 aromatic carbocycles. The van der Waals surface area contributed by atoms with Crippen LogP contribution >= 0.6 is 0 Å². The van der Waals surface area contributed by atoms with Gasteiger partial charge in [-0.15, -0.1) is 0 Å². The van der Waals surface area contributed by atoms with Crippen LogP contribution < -0.4 is 10.6 Å². The summed E-state index contributed by atoms with van der Waals surface area (Å²) in [6.45, 7) is 0. The molecule has 2 N–H and O–H groups in total. The van der Waals surface area contributed by atoms with Crippen LogP contribution in [0.2, 0.25) is 0 Å². The minimum Gasteiger partial charge on any atom is -0.353 e. The summed E-state index contributed by atoms with van der Waals surface area (Å²) in [5, 5.41) is 6.22. The Morgan fingerprint density at radius 2 is 1.80 bits per heavy atom. The minimum atomic E-state index is -0.171. The van der Waals surface area contributed by atoms with E-state index in [9.17, 15) is 4.79 Å². The van der Waals surface area contributed by atoms with Crippen LogP contribution in [0.15, 0.2) is 41.3 Å². The third-order valence-electron chi connectivity index (χ3n) is 4.69. The molecule has 0 spiro atoms. The molecule has 0 bridgehead atoms. The summed E-state index contributed by atoms with van der Waals surface area (Å²) in [7, 11) is 0. The Bertz CT molecular complexity index is 850. The van der Waals surface area contributed by atoms with E-state index in [0.717, 1.165) is 29.4 Å². The van der Waals surface area contributed by atoms with Crippen molar-refractivity contribution in [2.24, 2.45) is 4.99 Å². The van der Waals surface area contributed by atoms with Crippen LogP contribution in [0.3, 0.4) is 0 Å². The number of aromatic nitrogens is 2. The summed E-state index contributed by atoms with van der Waals surface area (Å²) in [5.74, 6) is 0.402. The minimum absolute atomic E-state index is 0.171. The first-order chi connectivity index (χ1) is 12.3. The fraction of sp³-hybridized carbons (Fsp3) is 0.368. The van der Waals surface area contributed by atoms with Gasteiger partial charge in [-0.05, 0) is 36.6 Å². The second-order valence-electron chi connectivity index (χ2n) is 6.58. The average molecular weight is 335 g/mol. The van der Waals surface area contributed by atoms with E-state index in [-0.39, 0.29) is 5.91 Å². The molecule has 1 aliphatic carbocycles. The zero-order valence-corrected chi connectivity index (χ0v) is 14.0. The molecule has 128 valence electrons. The zero-order chi connectivity index (χ0) is 17.1. The van der Waals surface area contributed by atoms with Crippen molar-refractivity contribution in [3.63, 3.8) is 0 Å². The summed E-state index contributed by atoms with van der Waals surface area (Å²) in [6, 6.07) is 6.13. The van der Waals surface area contributed by atoms with E-state index in [1.165, 1.54) is 25.7 Å². The Hall–Kier alpha value is -2.76. The van der Waals surface area contributed by atoms with Crippen LogP contribution in [0.1, 0.15) is 44.1 Å². The van der Waals surface area contributed by atoms with Gasteiger partial charge in [-0.25, -0.2) is 4.99 Å². The second kappa shape index (κ2) is 7.01. The maximum atomic E-state index is 12.2. The largest absolute Gasteiger partial charge is 0.353 e. The number of nitrogens with zero attached hydrogens (tertiary/aromatic N) is 3. The maximum Gasteiger partial charge on any atom is 0.276 e. The van der Waals surface area contributed by atoms with Gasteiger partial charge in [0, 0.05) is 18.4 Å². The molecule has 1 amide bonds. The lowest BCUT2D eigenvalue weighted by atomic mass is 10.1. The number of guanidine groups is 1. The molecule has 0 atom stereocenters. The molecule has 2 aromatic rings. The molecular formula is C19H21N5O. The van der Waals surface area contributed by atoms with Crippen molar-refractivity contribution in [3.05, 3.63) is 41.9 Å². The van der Waals surface area contributed by atoms with Crippen LogP contribution in [0.25, 0.3) is 17.1 Å². The number of fused-ring (bicyclic) bond motifs is 1. The second-order valence-corrected chi connectivity index (χ2v) is 6.58. The number of hydrogen-bond acceptors (Lipinski definition) is 5. The average Bonchev–Trinajstić information content (AvgIpc) is 2.82. The summed E-state index contributed by atoms with van der Waals surface area (Å²) in [6.07, 6.45) is 12.5. The van der Waals surface area contributed by atoms with E-state index in [1.54, 1.807) is 18.5 Å². The van der Waals surface area contributed by atoms with Crippen molar-refractivity contribution in [1.82, 2.24) is 20.6 Å². The van der Waals surface area contributed by atoms with Crippen LogP contribution in [0.5, 0.6) is 0 Å². The molecule has 6 nitrogen and oxygen atoms in total. The number of nitrogens with one attached hydrogen (secondary N) is 2. The number of benzene rings is 1. The molecule has 0 radical (unpaired) electrons. The summed E-state index contributed by atoms with van der Waals surface area (Å²) in [5.41, 5.74) is 2.94. The fourth-order valence-corrected chi connectivity index (χ4v) is 3.38. The highest BCUT2D eigenvalue weighted by molar-refractivity contribution is 6.13. The molecule has 1 aliphatic heterocycles. The van der Waals surface area contributed by atoms with E-state index in [2.05, 4.69) is 25.6 Å². The summed E-state index contributed by atoms with van der Waals surface area (Å²) >= 11 is 0. The normalized spacial score (nSPS) is 20.4. The van der Waals surface area contributed by atoms with Crippen molar-refractivity contribution < 1.29 is 4.79 Å². The SMILES string of the molecule is O=C1NC(NC2CCCCCC2)=N/C1=C\c1ccc2nccnc2c1. The fourth-order valence-electron chi connectivity index (χ4n) is 3.38. The molecule has 0 unspecified atom stereocenters. The topological polar surface area (TPSA) is 79.3 Å². The third-order valence-corrected chi connectivity index (χ3v) is 4.69. The number of rotatable bonds is 2. The van der Waals surface area contributed by atoms with Crippen molar-refractivity contribution in [2.75, 3.05) is 0 Å². The Morgan fingerprint density at radius 3 is 2.60 bits per heavy atom. The number of carbonyl (C=O) groups is 1. The van der Waals surface area contributed by atoms with Gasteiger partial charge in [-0.3, -0.25) is 20.1 Å². The van der Waals surface area contributed by atoms with Crippen molar-refractivity contribution in [2.45, 2.75) is 44.6 Å². The van der Waals surface area contributed by atoms with Gasteiger partial charge < -0.3 is 5.32 Å². The Kier molecular flexibility index (Phi) is 4.41. The Labute approximate surface area is 146 Å². The van der Waals surface area contributed by atoms with E-state index in [1.807, 2.05) is 18.2 Å². The molecule has 25 heavy (non-hydrogen) atoms.